The van der Waals surface area contributed by atoms with Crippen molar-refractivity contribution in [2.75, 3.05) is 0 Å². The number of aromatic nitrogens is 2. The number of halogens is 1. The molecule has 0 saturated heterocycles. The molecule has 2 aromatic carbocycles. The lowest BCUT2D eigenvalue weighted by Crippen LogP contribution is -1.88. The lowest BCUT2D eigenvalue weighted by atomic mass is 10.1. The summed E-state index contributed by atoms with van der Waals surface area (Å²) in [6.07, 6.45) is 0.492. The van der Waals surface area contributed by atoms with Gasteiger partial charge >= 0.3 is 0 Å². The molecule has 20 heavy (non-hydrogen) atoms. The quantitative estimate of drug-likeness (QED) is 0.793. The van der Waals surface area contributed by atoms with Crippen LogP contribution in [0, 0.1) is 0 Å². The number of rotatable bonds is 3. The minimum absolute atomic E-state index is 0.230. The van der Waals surface area contributed by atoms with E-state index in [1.54, 1.807) is 18.2 Å². The molecule has 3 aromatic rings. The summed E-state index contributed by atoms with van der Waals surface area (Å²) in [6, 6.07) is 14.7. The molecule has 0 saturated carbocycles. The van der Waals surface area contributed by atoms with Gasteiger partial charge in [0.1, 0.15) is 5.75 Å². The standard InChI is InChI=1S/C15H11BrN2O2/c16-13-7-2-1-6-12(13)15-17-14(20-18-15)9-10-4-3-5-11(19)8-10/h1-8,19H,9H2. The van der Waals surface area contributed by atoms with Gasteiger partial charge in [-0.1, -0.05) is 45.4 Å². The van der Waals surface area contributed by atoms with E-state index in [0.717, 1.165) is 15.6 Å². The molecule has 1 heterocycles. The Bertz CT molecular complexity index is 740. The van der Waals surface area contributed by atoms with Gasteiger partial charge in [-0.15, -0.1) is 0 Å². The predicted molar refractivity (Wildman–Crippen MR) is 78.3 cm³/mol. The fraction of sp³-hybridized carbons (Fsp3) is 0.0667. The van der Waals surface area contributed by atoms with Crippen LogP contribution in [0.3, 0.4) is 0 Å². The zero-order chi connectivity index (χ0) is 13.9. The van der Waals surface area contributed by atoms with Crippen molar-refractivity contribution in [2.45, 2.75) is 6.42 Å². The van der Waals surface area contributed by atoms with Gasteiger partial charge in [0.15, 0.2) is 0 Å². The minimum atomic E-state index is 0.230. The third-order valence-electron chi connectivity index (χ3n) is 2.85. The second-order valence-electron chi connectivity index (χ2n) is 4.34. The first-order chi connectivity index (χ1) is 9.72. The molecular formula is C15H11BrN2O2. The van der Waals surface area contributed by atoms with Crippen LogP contribution in [0.4, 0.5) is 0 Å². The number of hydrogen-bond donors (Lipinski definition) is 1. The zero-order valence-corrected chi connectivity index (χ0v) is 12.0. The Morgan fingerprint density at radius 2 is 1.95 bits per heavy atom. The molecule has 1 N–H and O–H groups in total. The molecule has 100 valence electrons. The average Bonchev–Trinajstić information content (AvgIpc) is 2.87. The average molecular weight is 331 g/mol. The molecule has 1 aromatic heterocycles. The Hall–Kier alpha value is -2.14. The van der Waals surface area contributed by atoms with Gasteiger partial charge in [0, 0.05) is 10.0 Å². The fourth-order valence-electron chi connectivity index (χ4n) is 1.92. The van der Waals surface area contributed by atoms with E-state index in [2.05, 4.69) is 26.1 Å². The summed E-state index contributed by atoms with van der Waals surface area (Å²) in [7, 11) is 0. The topological polar surface area (TPSA) is 59.2 Å². The maximum absolute atomic E-state index is 9.44. The van der Waals surface area contributed by atoms with Crippen LogP contribution in [-0.2, 0) is 6.42 Å². The highest BCUT2D eigenvalue weighted by Crippen LogP contribution is 2.25. The van der Waals surface area contributed by atoms with Gasteiger partial charge in [-0.05, 0) is 29.8 Å². The normalized spacial score (nSPS) is 10.7. The molecular weight excluding hydrogens is 320 g/mol. The number of aromatic hydroxyl groups is 1. The lowest BCUT2D eigenvalue weighted by molar-refractivity contribution is 0.385. The molecule has 0 amide bonds. The van der Waals surface area contributed by atoms with Crippen LogP contribution in [-0.4, -0.2) is 15.2 Å². The molecule has 0 aliphatic rings. The van der Waals surface area contributed by atoms with Crippen LogP contribution >= 0.6 is 15.9 Å². The summed E-state index contributed by atoms with van der Waals surface area (Å²) in [4.78, 5) is 4.38. The molecule has 0 unspecified atom stereocenters. The van der Waals surface area contributed by atoms with Crippen LogP contribution < -0.4 is 0 Å². The van der Waals surface area contributed by atoms with Crippen molar-refractivity contribution in [3.8, 4) is 17.1 Å². The number of nitrogens with zero attached hydrogens (tertiary/aromatic N) is 2. The van der Waals surface area contributed by atoms with Crippen molar-refractivity contribution in [3.05, 3.63) is 64.5 Å². The van der Waals surface area contributed by atoms with Gasteiger partial charge in [-0.25, -0.2) is 0 Å². The van der Waals surface area contributed by atoms with E-state index in [9.17, 15) is 5.11 Å². The number of phenols is 1. The summed E-state index contributed by atoms with van der Waals surface area (Å²) >= 11 is 3.46. The molecule has 0 fully saturated rings. The van der Waals surface area contributed by atoms with Gasteiger partial charge in [0.25, 0.3) is 0 Å². The Morgan fingerprint density at radius 3 is 2.75 bits per heavy atom. The molecule has 0 aliphatic heterocycles. The van der Waals surface area contributed by atoms with Crippen molar-refractivity contribution in [2.24, 2.45) is 0 Å². The zero-order valence-electron chi connectivity index (χ0n) is 10.5. The third-order valence-corrected chi connectivity index (χ3v) is 3.54. The second kappa shape index (κ2) is 5.46. The van der Waals surface area contributed by atoms with Crippen molar-refractivity contribution in [3.63, 3.8) is 0 Å². The molecule has 3 rings (SSSR count). The van der Waals surface area contributed by atoms with Crippen LogP contribution in [0.2, 0.25) is 0 Å². The van der Waals surface area contributed by atoms with Gasteiger partial charge < -0.3 is 9.63 Å². The van der Waals surface area contributed by atoms with Crippen LogP contribution in [0.25, 0.3) is 11.4 Å². The minimum Gasteiger partial charge on any atom is -0.508 e. The van der Waals surface area contributed by atoms with Gasteiger partial charge in [0.05, 0.1) is 6.42 Å². The first kappa shape index (κ1) is 12.9. The number of benzene rings is 2. The van der Waals surface area contributed by atoms with Crippen molar-refractivity contribution >= 4 is 15.9 Å². The van der Waals surface area contributed by atoms with Crippen LogP contribution in [0.15, 0.2) is 57.5 Å². The number of phenolic OH excluding ortho intramolecular Hbond substituents is 1. The van der Waals surface area contributed by atoms with Crippen molar-refractivity contribution in [1.29, 1.82) is 0 Å². The molecule has 4 nitrogen and oxygen atoms in total. The van der Waals surface area contributed by atoms with Crippen molar-refractivity contribution < 1.29 is 9.63 Å². The van der Waals surface area contributed by atoms with E-state index < -0.39 is 0 Å². The van der Waals surface area contributed by atoms with E-state index in [0.29, 0.717) is 18.1 Å². The van der Waals surface area contributed by atoms with Gasteiger partial charge in [0.2, 0.25) is 11.7 Å². The Kier molecular flexibility index (Phi) is 3.52. The van der Waals surface area contributed by atoms with Crippen LogP contribution in [0.1, 0.15) is 11.5 Å². The predicted octanol–water partition coefficient (Wildman–Crippen LogP) is 3.80. The maximum atomic E-state index is 9.44. The van der Waals surface area contributed by atoms with E-state index in [1.165, 1.54) is 0 Å². The van der Waals surface area contributed by atoms with E-state index in [1.807, 2.05) is 30.3 Å². The highest BCUT2D eigenvalue weighted by Gasteiger charge is 2.11. The highest BCUT2D eigenvalue weighted by atomic mass is 79.9. The van der Waals surface area contributed by atoms with Gasteiger partial charge in [-0.3, -0.25) is 0 Å². The fourth-order valence-corrected chi connectivity index (χ4v) is 2.38. The van der Waals surface area contributed by atoms with E-state index in [4.69, 9.17) is 4.52 Å². The van der Waals surface area contributed by atoms with Crippen molar-refractivity contribution in [1.82, 2.24) is 10.1 Å². The van der Waals surface area contributed by atoms with Gasteiger partial charge in [-0.2, -0.15) is 4.98 Å². The number of hydrogen-bond acceptors (Lipinski definition) is 4. The summed E-state index contributed by atoms with van der Waals surface area (Å²) in [6.45, 7) is 0. The second-order valence-corrected chi connectivity index (χ2v) is 5.19. The monoisotopic (exact) mass is 330 g/mol. The molecule has 0 radical (unpaired) electrons. The Morgan fingerprint density at radius 1 is 1.10 bits per heavy atom. The van der Waals surface area contributed by atoms with E-state index >= 15 is 0 Å². The highest BCUT2D eigenvalue weighted by molar-refractivity contribution is 9.10. The van der Waals surface area contributed by atoms with E-state index in [-0.39, 0.29) is 5.75 Å². The third kappa shape index (κ3) is 2.72. The molecule has 0 spiro atoms. The summed E-state index contributed by atoms with van der Waals surface area (Å²) in [5.41, 5.74) is 1.81. The smallest absolute Gasteiger partial charge is 0.231 e. The molecule has 0 aliphatic carbocycles. The molecule has 0 bridgehead atoms. The first-order valence-corrected chi connectivity index (χ1v) is 6.87. The Balaban J connectivity index is 1.86. The molecule has 0 atom stereocenters. The largest absolute Gasteiger partial charge is 0.508 e. The summed E-state index contributed by atoms with van der Waals surface area (Å²) in [5, 5.41) is 13.4. The first-order valence-electron chi connectivity index (χ1n) is 6.08. The molecule has 5 heteroatoms. The maximum Gasteiger partial charge on any atom is 0.231 e. The Labute approximate surface area is 124 Å². The SMILES string of the molecule is Oc1cccc(Cc2nc(-c3ccccc3Br)no2)c1. The summed E-state index contributed by atoms with van der Waals surface area (Å²) in [5.74, 6) is 1.29. The van der Waals surface area contributed by atoms with Crippen LogP contribution in [0.5, 0.6) is 5.75 Å². The summed E-state index contributed by atoms with van der Waals surface area (Å²) < 4.78 is 6.18. The lowest BCUT2D eigenvalue weighted by Gasteiger charge is -1.97.